The molecule has 0 saturated carbocycles. The molecule has 6 heteroatoms. The lowest BCUT2D eigenvalue weighted by Gasteiger charge is -2.31. The van der Waals surface area contributed by atoms with E-state index >= 15 is 0 Å². The van der Waals surface area contributed by atoms with Crippen LogP contribution >= 0.6 is 11.3 Å². The van der Waals surface area contributed by atoms with Crippen LogP contribution in [0.25, 0.3) is 0 Å². The normalized spacial score (nSPS) is 23.4. The van der Waals surface area contributed by atoms with Gasteiger partial charge in [0.1, 0.15) is 4.21 Å². The van der Waals surface area contributed by atoms with Crippen molar-refractivity contribution in [1.82, 2.24) is 9.62 Å². The quantitative estimate of drug-likeness (QED) is 0.886. The molecule has 1 N–H and O–H groups in total. The fourth-order valence-corrected chi connectivity index (χ4v) is 4.60. The van der Waals surface area contributed by atoms with Crippen LogP contribution in [0.4, 0.5) is 0 Å². The van der Waals surface area contributed by atoms with Crippen LogP contribution in [0.2, 0.25) is 0 Å². The molecule has 1 saturated heterocycles. The first-order chi connectivity index (χ1) is 7.64. The van der Waals surface area contributed by atoms with E-state index in [0.717, 1.165) is 12.8 Å². The van der Waals surface area contributed by atoms with Gasteiger partial charge in [-0.2, -0.15) is 4.31 Å². The van der Waals surface area contributed by atoms with Crippen LogP contribution in [0.5, 0.6) is 0 Å². The standard InChI is InChI=1S/C10H16N2O2S2/c1-11-9-4-2-6-12(8-9)16(13,14)10-5-3-7-15-10/h3,5,7,9,11H,2,4,6,8H2,1H3/t9-/m1/s1. The number of hydrogen-bond acceptors (Lipinski definition) is 4. The molecule has 4 nitrogen and oxygen atoms in total. The summed E-state index contributed by atoms with van der Waals surface area (Å²) in [6.45, 7) is 1.22. The van der Waals surface area contributed by atoms with Crippen molar-refractivity contribution < 1.29 is 8.42 Å². The number of sulfonamides is 1. The number of nitrogens with zero attached hydrogens (tertiary/aromatic N) is 1. The zero-order valence-electron chi connectivity index (χ0n) is 9.22. The molecule has 0 amide bonds. The predicted molar refractivity (Wildman–Crippen MR) is 65.2 cm³/mol. The molecule has 16 heavy (non-hydrogen) atoms. The van der Waals surface area contributed by atoms with Crippen molar-refractivity contribution in [2.24, 2.45) is 0 Å². The van der Waals surface area contributed by atoms with Crippen LogP contribution in [0.15, 0.2) is 21.7 Å². The fraction of sp³-hybridized carbons (Fsp3) is 0.600. The van der Waals surface area contributed by atoms with Crippen molar-refractivity contribution in [3.8, 4) is 0 Å². The minimum Gasteiger partial charge on any atom is -0.316 e. The Kier molecular flexibility index (Phi) is 3.63. The number of hydrogen-bond donors (Lipinski definition) is 1. The predicted octanol–water partition coefficient (Wildman–Crippen LogP) is 1.12. The number of nitrogens with one attached hydrogen (secondary N) is 1. The summed E-state index contributed by atoms with van der Waals surface area (Å²) in [5.74, 6) is 0. The average molecular weight is 260 g/mol. The number of thiophene rings is 1. The summed E-state index contributed by atoms with van der Waals surface area (Å²) in [5, 5.41) is 4.95. The third kappa shape index (κ3) is 2.29. The molecule has 0 radical (unpaired) electrons. The maximum Gasteiger partial charge on any atom is 0.252 e. The molecule has 1 aromatic rings. The molecule has 2 rings (SSSR count). The summed E-state index contributed by atoms with van der Waals surface area (Å²) >= 11 is 1.28. The summed E-state index contributed by atoms with van der Waals surface area (Å²) in [6.07, 6.45) is 1.98. The Morgan fingerprint density at radius 3 is 3.00 bits per heavy atom. The summed E-state index contributed by atoms with van der Waals surface area (Å²) in [7, 11) is -1.37. The third-order valence-electron chi connectivity index (χ3n) is 2.88. The van der Waals surface area contributed by atoms with Crippen LogP contribution in [0.1, 0.15) is 12.8 Å². The van der Waals surface area contributed by atoms with Gasteiger partial charge in [-0.05, 0) is 31.3 Å². The second kappa shape index (κ2) is 4.83. The Morgan fingerprint density at radius 2 is 2.38 bits per heavy atom. The van der Waals surface area contributed by atoms with E-state index in [-0.39, 0.29) is 6.04 Å². The second-order valence-electron chi connectivity index (χ2n) is 3.92. The van der Waals surface area contributed by atoms with Crippen molar-refractivity contribution in [1.29, 1.82) is 0 Å². The molecular formula is C10H16N2O2S2. The zero-order valence-corrected chi connectivity index (χ0v) is 10.9. The van der Waals surface area contributed by atoms with Crippen molar-refractivity contribution in [2.75, 3.05) is 20.1 Å². The van der Waals surface area contributed by atoms with Crippen LogP contribution in [-0.2, 0) is 10.0 Å². The minimum absolute atomic E-state index is 0.281. The molecule has 0 bridgehead atoms. The van der Waals surface area contributed by atoms with Gasteiger partial charge < -0.3 is 5.32 Å². The Morgan fingerprint density at radius 1 is 1.56 bits per heavy atom. The van der Waals surface area contributed by atoms with Gasteiger partial charge in [-0.1, -0.05) is 6.07 Å². The van der Waals surface area contributed by atoms with Gasteiger partial charge in [0.25, 0.3) is 10.0 Å². The molecule has 1 aliphatic rings. The van der Waals surface area contributed by atoms with Crippen LogP contribution in [0.3, 0.4) is 0 Å². The zero-order chi connectivity index (χ0) is 11.6. The van der Waals surface area contributed by atoms with Gasteiger partial charge in [-0.25, -0.2) is 8.42 Å². The highest BCUT2D eigenvalue weighted by atomic mass is 32.2. The first-order valence-electron chi connectivity index (χ1n) is 5.35. The van der Waals surface area contributed by atoms with Crippen LogP contribution < -0.4 is 5.32 Å². The molecule has 0 spiro atoms. The van der Waals surface area contributed by atoms with E-state index in [9.17, 15) is 8.42 Å². The largest absolute Gasteiger partial charge is 0.316 e. The number of piperidine rings is 1. The fourth-order valence-electron chi connectivity index (χ4n) is 1.93. The topological polar surface area (TPSA) is 49.4 Å². The third-order valence-corrected chi connectivity index (χ3v) is 6.12. The number of rotatable bonds is 3. The van der Waals surface area contributed by atoms with Crippen LogP contribution in [-0.4, -0.2) is 38.9 Å². The van der Waals surface area contributed by atoms with E-state index in [1.807, 2.05) is 7.05 Å². The highest BCUT2D eigenvalue weighted by Gasteiger charge is 2.30. The van der Waals surface area contributed by atoms with E-state index in [4.69, 9.17) is 0 Å². The van der Waals surface area contributed by atoms with Crippen molar-refractivity contribution in [2.45, 2.75) is 23.1 Å². The SMILES string of the molecule is CN[C@@H]1CCCN(S(=O)(=O)c2cccs2)C1. The Hall–Kier alpha value is -0.430. The molecule has 0 unspecified atom stereocenters. The van der Waals surface area contributed by atoms with Gasteiger partial charge in [0.05, 0.1) is 0 Å². The number of likely N-dealkylation sites (N-methyl/N-ethyl adjacent to an activating group) is 1. The van der Waals surface area contributed by atoms with E-state index in [0.29, 0.717) is 17.3 Å². The molecule has 0 aromatic carbocycles. The van der Waals surface area contributed by atoms with Crippen molar-refractivity contribution in [3.63, 3.8) is 0 Å². The highest BCUT2D eigenvalue weighted by molar-refractivity contribution is 7.91. The van der Waals surface area contributed by atoms with Gasteiger partial charge in [0, 0.05) is 19.1 Å². The van der Waals surface area contributed by atoms with E-state index in [1.54, 1.807) is 21.8 Å². The van der Waals surface area contributed by atoms with Gasteiger partial charge >= 0.3 is 0 Å². The molecule has 0 aliphatic carbocycles. The van der Waals surface area contributed by atoms with E-state index < -0.39 is 10.0 Å². The van der Waals surface area contributed by atoms with Gasteiger partial charge in [0.15, 0.2) is 0 Å². The van der Waals surface area contributed by atoms with Crippen molar-refractivity contribution >= 4 is 21.4 Å². The lowest BCUT2D eigenvalue weighted by atomic mass is 10.1. The van der Waals surface area contributed by atoms with Gasteiger partial charge in [0.2, 0.25) is 0 Å². The molecule has 90 valence electrons. The summed E-state index contributed by atoms with van der Waals surface area (Å²) < 4.78 is 26.5. The Balaban J connectivity index is 2.18. The molecular weight excluding hydrogens is 244 g/mol. The second-order valence-corrected chi connectivity index (χ2v) is 7.04. The smallest absolute Gasteiger partial charge is 0.252 e. The molecule has 1 aliphatic heterocycles. The Labute approximate surface area is 100 Å². The van der Waals surface area contributed by atoms with E-state index in [2.05, 4.69) is 5.32 Å². The highest BCUT2D eigenvalue weighted by Crippen LogP contribution is 2.23. The average Bonchev–Trinajstić information content (AvgIpc) is 2.83. The lowest BCUT2D eigenvalue weighted by molar-refractivity contribution is 0.293. The minimum atomic E-state index is -3.25. The van der Waals surface area contributed by atoms with Crippen molar-refractivity contribution in [3.05, 3.63) is 17.5 Å². The maximum atomic E-state index is 12.2. The first kappa shape index (κ1) is 12.0. The maximum absolute atomic E-state index is 12.2. The molecule has 1 atom stereocenters. The summed E-state index contributed by atoms with van der Waals surface area (Å²) in [4.78, 5) is 0. The first-order valence-corrected chi connectivity index (χ1v) is 7.67. The Bertz CT molecular complexity index is 428. The molecule has 2 heterocycles. The van der Waals surface area contributed by atoms with Gasteiger partial charge in [-0.15, -0.1) is 11.3 Å². The van der Waals surface area contributed by atoms with Crippen LogP contribution in [0, 0.1) is 0 Å². The monoisotopic (exact) mass is 260 g/mol. The molecule has 1 aromatic heterocycles. The lowest BCUT2D eigenvalue weighted by Crippen LogP contribution is -2.46. The molecule has 1 fully saturated rings. The summed E-state index contributed by atoms with van der Waals surface area (Å²) in [6, 6.07) is 3.73. The summed E-state index contributed by atoms with van der Waals surface area (Å²) in [5.41, 5.74) is 0. The van der Waals surface area contributed by atoms with Gasteiger partial charge in [-0.3, -0.25) is 0 Å². The van der Waals surface area contributed by atoms with E-state index in [1.165, 1.54) is 11.3 Å².